The highest BCUT2D eigenvalue weighted by Crippen LogP contribution is 2.25. The van der Waals surface area contributed by atoms with Gasteiger partial charge in [0.1, 0.15) is 0 Å². The molecule has 0 amide bonds. The van der Waals surface area contributed by atoms with Crippen molar-refractivity contribution in [3.63, 3.8) is 0 Å². The van der Waals surface area contributed by atoms with Crippen LogP contribution in [0, 0.1) is 13.8 Å². The first-order valence-electron chi connectivity index (χ1n) is 7.35. The molecule has 118 valence electrons. The molecule has 0 spiro atoms. The Labute approximate surface area is 131 Å². The van der Waals surface area contributed by atoms with E-state index in [4.69, 9.17) is 9.47 Å². The second-order valence-electron chi connectivity index (χ2n) is 5.43. The number of carbonyl (C=O) groups excluding carboxylic acids is 1. The first-order valence-corrected chi connectivity index (χ1v) is 7.35. The smallest absolute Gasteiger partial charge is 0.194 e. The third kappa shape index (κ3) is 2.98. The predicted molar refractivity (Wildman–Crippen MR) is 86.3 cm³/mol. The van der Waals surface area contributed by atoms with Gasteiger partial charge in [-0.1, -0.05) is 30.3 Å². The molecule has 1 unspecified atom stereocenters. The van der Waals surface area contributed by atoms with Gasteiger partial charge in [0, 0.05) is 36.7 Å². The number of carbonyl (C=O) groups is 1. The maximum Gasteiger partial charge on any atom is 0.194 e. The van der Waals surface area contributed by atoms with Crippen LogP contribution in [0.3, 0.4) is 0 Å². The summed E-state index contributed by atoms with van der Waals surface area (Å²) in [6, 6.07) is 11.2. The molecular weight excluding hydrogens is 278 g/mol. The second-order valence-corrected chi connectivity index (χ2v) is 5.43. The molecule has 0 saturated heterocycles. The Hall–Kier alpha value is -1.91. The maximum absolute atomic E-state index is 12.7. The minimum atomic E-state index is -0.357. The first-order chi connectivity index (χ1) is 10.5. The highest BCUT2D eigenvalue weighted by molar-refractivity contribution is 6.09. The van der Waals surface area contributed by atoms with Crippen molar-refractivity contribution < 1.29 is 14.3 Å². The van der Waals surface area contributed by atoms with E-state index in [9.17, 15) is 4.79 Å². The normalized spacial score (nSPS) is 12.6. The fourth-order valence-corrected chi connectivity index (χ4v) is 2.99. The van der Waals surface area contributed by atoms with E-state index in [1.54, 1.807) is 14.2 Å². The van der Waals surface area contributed by atoms with Gasteiger partial charge in [-0.15, -0.1) is 0 Å². The maximum atomic E-state index is 12.7. The van der Waals surface area contributed by atoms with Gasteiger partial charge in [-0.2, -0.15) is 0 Å². The Balaban J connectivity index is 2.41. The van der Waals surface area contributed by atoms with Gasteiger partial charge in [0.25, 0.3) is 0 Å². The monoisotopic (exact) mass is 301 g/mol. The molecule has 0 bridgehead atoms. The molecule has 1 aromatic carbocycles. The fourth-order valence-electron chi connectivity index (χ4n) is 2.99. The summed E-state index contributed by atoms with van der Waals surface area (Å²) >= 11 is 0. The van der Waals surface area contributed by atoms with Crippen LogP contribution in [0.5, 0.6) is 0 Å². The SMILES string of the molecule is COC(OC)C(C)n1c(C)cc(C(=O)c2ccccc2)c1C. The Morgan fingerprint density at radius 3 is 2.23 bits per heavy atom. The number of rotatable bonds is 6. The van der Waals surface area contributed by atoms with E-state index in [0.29, 0.717) is 5.56 Å². The van der Waals surface area contributed by atoms with E-state index < -0.39 is 0 Å². The number of nitrogens with zero attached hydrogens (tertiary/aromatic N) is 1. The summed E-state index contributed by atoms with van der Waals surface area (Å²) in [7, 11) is 3.24. The Kier molecular flexibility index (Phi) is 5.16. The molecule has 2 aromatic rings. The molecule has 0 aliphatic rings. The Bertz CT molecular complexity index is 642. The van der Waals surface area contributed by atoms with E-state index in [1.165, 1.54) is 0 Å². The molecule has 2 rings (SSSR count). The van der Waals surface area contributed by atoms with Crippen LogP contribution >= 0.6 is 0 Å². The third-order valence-electron chi connectivity index (χ3n) is 4.03. The lowest BCUT2D eigenvalue weighted by Crippen LogP contribution is -2.27. The van der Waals surface area contributed by atoms with Gasteiger partial charge >= 0.3 is 0 Å². The van der Waals surface area contributed by atoms with Crippen molar-refractivity contribution in [2.24, 2.45) is 0 Å². The van der Waals surface area contributed by atoms with Crippen molar-refractivity contribution in [3.8, 4) is 0 Å². The topological polar surface area (TPSA) is 40.5 Å². The average molecular weight is 301 g/mol. The fraction of sp³-hybridized carbons (Fsp3) is 0.389. The number of methoxy groups -OCH3 is 2. The van der Waals surface area contributed by atoms with Gasteiger partial charge < -0.3 is 14.0 Å². The van der Waals surface area contributed by atoms with Crippen molar-refractivity contribution in [1.82, 2.24) is 4.57 Å². The first kappa shape index (κ1) is 16.5. The average Bonchev–Trinajstić information content (AvgIpc) is 2.83. The quantitative estimate of drug-likeness (QED) is 0.605. The molecule has 0 aliphatic heterocycles. The summed E-state index contributed by atoms with van der Waals surface area (Å²) in [5.74, 6) is 0.0403. The zero-order chi connectivity index (χ0) is 16.3. The summed E-state index contributed by atoms with van der Waals surface area (Å²) < 4.78 is 12.8. The van der Waals surface area contributed by atoms with Crippen LogP contribution in [-0.4, -0.2) is 30.9 Å². The zero-order valence-corrected chi connectivity index (χ0v) is 13.8. The lowest BCUT2D eigenvalue weighted by molar-refractivity contribution is -0.128. The standard InChI is InChI=1S/C18H23NO3/c1-12-11-16(17(20)15-9-7-6-8-10-15)13(2)19(12)14(3)18(21-4)22-5/h6-11,14,18H,1-5H3. The van der Waals surface area contributed by atoms with Crippen molar-refractivity contribution in [2.75, 3.05) is 14.2 Å². The molecule has 0 saturated carbocycles. The number of benzene rings is 1. The van der Waals surface area contributed by atoms with E-state index in [0.717, 1.165) is 17.0 Å². The summed E-state index contributed by atoms with van der Waals surface area (Å²) in [6.45, 7) is 5.98. The van der Waals surface area contributed by atoms with Crippen LogP contribution in [0.25, 0.3) is 0 Å². The molecule has 0 radical (unpaired) electrons. The van der Waals surface area contributed by atoms with Gasteiger partial charge in [0.15, 0.2) is 12.1 Å². The summed E-state index contributed by atoms with van der Waals surface area (Å²) in [5.41, 5.74) is 3.37. The van der Waals surface area contributed by atoms with E-state index in [-0.39, 0.29) is 18.1 Å². The number of hydrogen-bond donors (Lipinski definition) is 0. The van der Waals surface area contributed by atoms with Crippen LogP contribution < -0.4 is 0 Å². The van der Waals surface area contributed by atoms with Gasteiger partial charge in [-0.3, -0.25) is 4.79 Å². The van der Waals surface area contributed by atoms with E-state index >= 15 is 0 Å². The van der Waals surface area contributed by atoms with Crippen molar-refractivity contribution in [2.45, 2.75) is 33.1 Å². The highest BCUT2D eigenvalue weighted by atomic mass is 16.7. The Morgan fingerprint density at radius 2 is 1.68 bits per heavy atom. The predicted octanol–water partition coefficient (Wildman–Crippen LogP) is 3.52. The largest absolute Gasteiger partial charge is 0.354 e. The van der Waals surface area contributed by atoms with Gasteiger partial charge in [0.2, 0.25) is 0 Å². The number of ketones is 1. The van der Waals surface area contributed by atoms with Crippen LogP contribution in [0.1, 0.15) is 40.3 Å². The number of ether oxygens (including phenoxy) is 2. The second kappa shape index (κ2) is 6.90. The highest BCUT2D eigenvalue weighted by Gasteiger charge is 2.24. The molecule has 0 N–H and O–H groups in total. The minimum Gasteiger partial charge on any atom is -0.354 e. The molecule has 4 nitrogen and oxygen atoms in total. The Morgan fingerprint density at radius 1 is 1.09 bits per heavy atom. The van der Waals surface area contributed by atoms with Crippen LogP contribution in [0.2, 0.25) is 0 Å². The number of hydrogen-bond acceptors (Lipinski definition) is 3. The lowest BCUT2D eigenvalue weighted by Gasteiger charge is -2.25. The molecule has 1 atom stereocenters. The molecule has 0 aliphatic carbocycles. The van der Waals surface area contributed by atoms with Crippen LogP contribution in [0.4, 0.5) is 0 Å². The molecule has 1 heterocycles. The minimum absolute atomic E-state index is 0.0210. The molecule has 22 heavy (non-hydrogen) atoms. The van der Waals surface area contributed by atoms with Crippen molar-refractivity contribution >= 4 is 5.78 Å². The lowest BCUT2D eigenvalue weighted by atomic mass is 10.0. The van der Waals surface area contributed by atoms with Gasteiger partial charge in [-0.25, -0.2) is 0 Å². The molecule has 4 heteroatoms. The van der Waals surface area contributed by atoms with Gasteiger partial charge in [0.05, 0.1) is 6.04 Å². The van der Waals surface area contributed by atoms with E-state index in [2.05, 4.69) is 4.57 Å². The zero-order valence-electron chi connectivity index (χ0n) is 13.8. The molecule has 0 fully saturated rings. The molecule has 1 aromatic heterocycles. The molecular formula is C18H23NO3. The van der Waals surface area contributed by atoms with Gasteiger partial charge in [-0.05, 0) is 26.8 Å². The summed E-state index contributed by atoms with van der Waals surface area (Å²) in [4.78, 5) is 12.7. The van der Waals surface area contributed by atoms with Crippen molar-refractivity contribution in [1.29, 1.82) is 0 Å². The van der Waals surface area contributed by atoms with Crippen LogP contribution in [-0.2, 0) is 9.47 Å². The number of aromatic nitrogens is 1. The van der Waals surface area contributed by atoms with E-state index in [1.807, 2.05) is 57.2 Å². The van der Waals surface area contributed by atoms with Crippen molar-refractivity contribution in [3.05, 3.63) is 58.9 Å². The van der Waals surface area contributed by atoms with Crippen LogP contribution in [0.15, 0.2) is 36.4 Å². The number of aryl methyl sites for hydroxylation is 1. The summed E-state index contributed by atoms with van der Waals surface area (Å²) in [6.07, 6.45) is -0.357. The third-order valence-corrected chi connectivity index (χ3v) is 4.03. The summed E-state index contributed by atoms with van der Waals surface area (Å²) in [5, 5.41) is 0.